The highest BCUT2D eigenvalue weighted by molar-refractivity contribution is 5.95. The Labute approximate surface area is 139 Å². The van der Waals surface area contributed by atoms with Crippen LogP contribution in [-0.2, 0) is 0 Å². The molecule has 0 radical (unpaired) electrons. The lowest BCUT2D eigenvalue weighted by atomic mass is 10.0. The number of benzene rings is 2. The van der Waals surface area contributed by atoms with Gasteiger partial charge in [-0.3, -0.25) is 4.79 Å². The predicted molar refractivity (Wildman–Crippen MR) is 87.0 cm³/mol. The van der Waals surface area contributed by atoms with Crippen molar-refractivity contribution in [2.24, 2.45) is 0 Å². The molecule has 6 heteroatoms. The van der Waals surface area contributed by atoms with Gasteiger partial charge in [0.1, 0.15) is 17.4 Å². The second-order valence-corrected chi connectivity index (χ2v) is 5.15. The second kappa shape index (κ2) is 7.88. The first-order valence-corrected chi connectivity index (χ1v) is 7.55. The highest BCUT2D eigenvalue weighted by Crippen LogP contribution is 2.28. The summed E-state index contributed by atoms with van der Waals surface area (Å²) < 4.78 is 33.4. The molecule has 2 rings (SSSR count). The molecule has 1 N–H and O–H groups in total. The third kappa shape index (κ3) is 3.71. The SMILES string of the molecule is CCN(CCO)C(=O)c1ccc(-c2ccc(OC)cc2F)cc1F. The van der Waals surface area contributed by atoms with Gasteiger partial charge in [0.05, 0.1) is 19.3 Å². The fourth-order valence-corrected chi connectivity index (χ4v) is 2.41. The van der Waals surface area contributed by atoms with E-state index in [2.05, 4.69) is 0 Å². The van der Waals surface area contributed by atoms with Gasteiger partial charge in [-0.1, -0.05) is 6.07 Å². The van der Waals surface area contributed by atoms with Gasteiger partial charge in [-0.25, -0.2) is 8.78 Å². The van der Waals surface area contributed by atoms with Gasteiger partial charge >= 0.3 is 0 Å². The maximum Gasteiger partial charge on any atom is 0.256 e. The number of hydrogen-bond acceptors (Lipinski definition) is 3. The highest BCUT2D eigenvalue weighted by atomic mass is 19.1. The number of aliphatic hydroxyl groups is 1. The van der Waals surface area contributed by atoms with Crippen molar-refractivity contribution in [3.05, 3.63) is 53.6 Å². The highest BCUT2D eigenvalue weighted by Gasteiger charge is 2.19. The van der Waals surface area contributed by atoms with Crippen molar-refractivity contribution in [2.45, 2.75) is 6.92 Å². The zero-order chi connectivity index (χ0) is 17.7. The van der Waals surface area contributed by atoms with E-state index in [-0.39, 0.29) is 24.3 Å². The molecule has 0 bridgehead atoms. The first-order valence-electron chi connectivity index (χ1n) is 7.55. The third-order valence-electron chi connectivity index (χ3n) is 3.73. The van der Waals surface area contributed by atoms with Crippen molar-refractivity contribution in [3.63, 3.8) is 0 Å². The summed E-state index contributed by atoms with van der Waals surface area (Å²) in [5.41, 5.74) is 0.439. The van der Waals surface area contributed by atoms with Crippen molar-refractivity contribution in [2.75, 3.05) is 26.8 Å². The molecule has 2 aromatic carbocycles. The molecule has 0 aliphatic rings. The van der Waals surface area contributed by atoms with Crippen molar-refractivity contribution < 1.29 is 23.4 Å². The number of carbonyl (C=O) groups is 1. The summed E-state index contributed by atoms with van der Waals surface area (Å²) in [6, 6.07) is 8.24. The van der Waals surface area contributed by atoms with Gasteiger partial charge in [-0.05, 0) is 36.8 Å². The lowest BCUT2D eigenvalue weighted by Gasteiger charge is -2.20. The standard InChI is InChI=1S/C18H19F2NO3/c1-3-21(8-9-22)18(23)15-6-4-12(10-16(15)19)14-7-5-13(24-2)11-17(14)20/h4-7,10-11,22H,3,8-9H2,1-2H3. The molecule has 2 aromatic rings. The lowest BCUT2D eigenvalue weighted by Crippen LogP contribution is -2.33. The molecule has 0 aromatic heterocycles. The van der Waals surface area contributed by atoms with Crippen molar-refractivity contribution >= 4 is 5.91 Å². The largest absolute Gasteiger partial charge is 0.497 e. The Hall–Kier alpha value is -2.47. The van der Waals surface area contributed by atoms with E-state index in [1.165, 1.54) is 36.3 Å². The molecule has 0 saturated heterocycles. The number of halogens is 2. The molecule has 4 nitrogen and oxygen atoms in total. The van der Waals surface area contributed by atoms with Crippen LogP contribution in [0.3, 0.4) is 0 Å². The van der Waals surface area contributed by atoms with Crippen LogP contribution in [0.2, 0.25) is 0 Å². The van der Waals surface area contributed by atoms with Crippen molar-refractivity contribution in [1.29, 1.82) is 0 Å². The predicted octanol–water partition coefficient (Wildman–Crippen LogP) is 3.09. The van der Waals surface area contributed by atoms with Gasteiger partial charge in [0.2, 0.25) is 0 Å². The number of methoxy groups -OCH3 is 1. The Kier molecular flexibility index (Phi) is 5.87. The average molecular weight is 335 g/mol. The zero-order valence-corrected chi connectivity index (χ0v) is 13.6. The van der Waals surface area contributed by atoms with Crippen molar-refractivity contribution in [3.8, 4) is 16.9 Å². The summed E-state index contributed by atoms with van der Waals surface area (Å²) in [6.45, 7) is 2.03. The van der Waals surface area contributed by atoms with Gasteiger partial charge in [0.15, 0.2) is 0 Å². The maximum absolute atomic E-state index is 14.3. The number of likely N-dealkylation sites (N-methyl/N-ethyl adjacent to an activating group) is 1. The molecule has 0 aliphatic heterocycles. The Bertz CT molecular complexity index is 734. The summed E-state index contributed by atoms with van der Waals surface area (Å²) >= 11 is 0. The van der Waals surface area contributed by atoms with Gasteiger partial charge < -0.3 is 14.7 Å². The quantitative estimate of drug-likeness (QED) is 0.882. The number of aliphatic hydroxyl groups excluding tert-OH is 1. The third-order valence-corrected chi connectivity index (χ3v) is 3.73. The molecule has 0 fully saturated rings. The fourth-order valence-electron chi connectivity index (χ4n) is 2.41. The normalized spacial score (nSPS) is 10.5. The molecule has 24 heavy (non-hydrogen) atoms. The maximum atomic E-state index is 14.3. The lowest BCUT2D eigenvalue weighted by molar-refractivity contribution is 0.0727. The van der Waals surface area contributed by atoms with Crippen LogP contribution in [0.4, 0.5) is 8.78 Å². The molecule has 0 heterocycles. The summed E-state index contributed by atoms with van der Waals surface area (Å²) in [4.78, 5) is 13.6. The molecule has 0 saturated carbocycles. The van der Waals surface area contributed by atoms with Gasteiger partial charge in [-0.15, -0.1) is 0 Å². The minimum Gasteiger partial charge on any atom is -0.497 e. The van der Waals surface area contributed by atoms with E-state index in [0.717, 1.165) is 6.07 Å². The van der Waals surface area contributed by atoms with Gasteiger partial charge in [0, 0.05) is 24.7 Å². The number of carbonyl (C=O) groups excluding carboxylic acids is 1. The molecule has 128 valence electrons. The molecule has 0 unspecified atom stereocenters. The summed E-state index contributed by atoms with van der Waals surface area (Å²) in [7, 11) is 1.43. The second-order valence-electron chi connectivity index (χ2n) is 5.15. The molecule has 0 atom stereocenters. The number of amides is 1. The summed E-state index contributed by atoms with van der Waals surface area (Å²) in [5.74, 6) is -1.41. The summed E-state index contributed by atoms with van der Waals surface area (Å²) in [5, 5.41) is 8.96. The number of hydrogen-bond donors (Lipinski definition) is 1. The Balaban J connectivity index is 2.34. The van der Waals surface area contributed by atoms with Crippen LogP contribution in [0.25, 0.3) is 11.1 Å². The Morgan fingerprint density at radius 3 is 2.46 bits per heavy atom. The van der Waals surface area contributed by atoms with E-state index in [9.17, 15) is 13.6 Å². The van der Waals surface area contributed by atoms with Crippen LogP contribution in [0.5, 0.6) is 5.75 Å². The van der Waals surface area contributed by atoms with Crippen LogP contribution >= 0.6 is 0 Å². The number of ether oxygens (including phenoxy) is 1. The molecule has 0 aliphatic carbocycles. The van der Waals surface area contributed by atoms with Crippen LogP contribution < -0.4 is 4.74 Å². The molecule has 0 spiro atoms. The minimum atomic E-state index is -0.732. The first kappa shape index (κ1) is 17.9. The topological polar surface area (TPSA) is 49.8 Å². The van der Waals surface area contributed by atoms with E-state index in [1.807, 2.05) is 0 Å². The van der Waals surface area contributed by atoms with E-state index in [0.29, 0.717) is 17.9 Å². The van der Waals surface area contributed by atoms with E-state index >= 15 is 0 Å². The smallest absolute Gasteiger partial charge is 0.256 e. The van der Waals surface area contributed by atoms with Crippen LogP contribution in [0.1, 0.15) is 17.3 Å². The van der Waals surface area contributed by atoms with Crippen LogP contribution in [-0.4, -0.2) is 42.7 Å². The van der Waals surface area contributed by atoms with Gasteiger partial charge in [-0.2, -0.15) is 0 Å². The van der Waals surface area contributed by atoms with Crippen molar-refractivity contribution in [1.82, 2.24) is 4.90 Å². The monoisotopic (exact) mass is 335 g/mol. The van der Waals surface area contributed by atoms with Crippen LogP contribution in [0.15, 0.2) is 36.4 Å². The molecular formula is C18H19F2NO3. The number of nitrogens with zero attached hydrogens (tertiary/aromatic N) is 1. The molecule has 1 amide bonds. The first-order chi connectivity index (χ1) is 11.5. The van der Waals surface area contributed by atoms with E-state index in [4.69, 9.17) is 9.84 Å². The minimum absolute atomic E-state index is 0.108. The van der Waals surface area contributed by atoms with Gasteiger partial charge in [0.25, 0.3) is 5.91 Å². The summed E-state index contributed by atoms with van der Waals surface area (Å²) in [6.07, 6.45) is 0. The molecular weight excluding hydrogens is 316 g/mol. The Morgan fingerprint density at radius 2 is 1.92 bits per heavy atom. The Morgan fingerprint density at radius 1 is 1.17 bits per heavy atom. The number of rotatable bonds is 6. The average Bonchev–Trinajstić information content (AvgIpc) is 2.58. The zero-order valence-electron chi connectivity index (χ0n) is 13.6. The van der Waals surface area contributed by atoms with E-state index < -0.39 is 17.5 Å². The van der Waals surface area contributed by atoms with E-state index in [1.54, 1.807) is 13.0 Å². The van der Waals surface area contributed by atoms with Crippen LogP contribution in [0, 0.1) is 11.6 Å². The fraction of sp³-hybridized carbons (Fsp3) is 0.278.